The lowest BCUT2D eigenvalue weighted by Crippen LogP contribution is -2.44. The molecule has 7 heteroatoms. The molecule has 1 amide bonds. The first kappa shape index (κ1) is 19.7. The minimum Gasteiger partial charge on any atom is -0.497 e. The molecule has 1 fully saturated rings. The van der Waals surface area contributed by atoms with Crippen molar-refractivity contribution in [1.82, 2.24) is 15.5 Å². The van der Waals surface area contributed by atoms with Crippen LogP contribution in [0.4, 0.5) is 0 Å². The molecule has 0 radical (unpaired) electrons. The molecule has 0 aliphatic heterocycles. The van der Waals surface area contributed by atoms with Gasteiger partial charge in [0.25, 0.3) is 5.89 Å². The van der Waals surface area contributed by atoms with E-state index in [1.165, 1.54) is 24.6 Å². The Bertz CT molecular complexity index is 747. The lowest BCUT2D eigenvalue weighted by atomic mass is 9.78. The average Bonchev–Trinajstić information content (AvgIpc) is 3.14. The highest BCUT2D eigenvalue weighted by atomic mass is 32.2. The van der Waals surface area contributed by atoms with Crippen molar-refractivity contribution in [1.29, 1.82) is 0 Å². The summed E-state index contributed by atoms with van der Waals surface area (Å²) in [6.07, 6.45) is 3.54. The number of aromatic nitrogens is 2. The monoisotopic (exact) mass is 389 g/mol. The molecule has 3 unspecified atom stereocenters. The number of benzene rings is 1. The smallest absolute Gasteiger partial charge is 0.257 e. The molecule has 3 atom stereocenters. The minimum absolute atomic E-state index is 0.0878. The van der Waals surface area contributed by atoms with Gasteiger partial charge in [-0.3, -0.25) is 4.79 Å². The first-order chi connectivity index (χ1) is 13.1. The average molecular weight is 390 g/mol. The molecule has 6 nitrogen and oxygen atoms in total. The maximum absolute atomic E-state index is 12.2. The summed E-state index contributed by atoms with van der Waals surface area (Å²) in [6, 6.07) is 7.76. The fourth-order valence-corrected chi connectivity index (χ4v) is 4.10. The van der Waals surface area contributed by atoms with E-state index in [0.29, 0.717) is 41.1 Å². The maximum Gasteiger partial charge on any atom is 0.257 e. The molecule has 3 rings (SSSR count). The fourth-order valence-electron chi connectivity index (χ4n) is 3.43. The predicted octanol–water partition coefficient (Wildman–Crippen LogP) is 3.92. The lowest BCUT2D eigenvalue weighted by molar-refractivity contribution is -0.119. The number of ether oxygens (including phenoxy) is 1. The number of carbonyl (C=O) groups is 1. The van der Waals surface area contributed by atoms with Crippen molar-refractivity contribution in [3.05, 3.63) is 30.1 Å². The van der Waals surface area contributed by atoms with Gasteiger partial charge in [-0.2, -0.15) is 4.98 Å². The maximum atomic E-state index is 12.2. The Morgan fingerprint density at radius 1 is 1.30 bits per heavy atom. The molecular formula is C20H27N3O3S. The largest absolute Gasteiger partial charge is 0.497 e. The molecule has 1 heterocycles. The van der Waals surface area contributed by atoms with Crippen molar-refractivity contribution in [3.63, 3.8) is 0 Å². The van der Waals surface area contributed by atoms with E-state index in [1.54, 1.807) is 7.11 Å². The topological polar surface area (TPSA) is 77.2 Å². The van der Waals surface area contributed by atoms with Crippen LogP contribution in [0.15, 0.2) is 28.8 Å². The first-order valence-electron chi connectivity index (χ1n) is 9.41. The van der Waals surface area contributed by atoms with Crippen molar-refractivity contribution in [3.8, 4) is 17.2 Å². The van der Waals surface area contributed by atoms with E-state index < -0.39 is 0 Å². The van der Waals surface area contributed by atoms with Gasteiger partial charge in [0.15, 0.2) is 5.82 Å². The Labute approximate surface area is 164 Å². The van der Waals surface area contributed by atoms with Crippen LogP contribution in [0.25, 0.3) is 11.5 Å². The van der Waals surface area contributed by atoms with Crippen molar-refractivity contribution in [2.24, 2.45) is 11.8 Å². The van der Waals surface area contributed by atoms with Gasteiger partial charge in [-0.15, -0.1) is 11.8 Å². The van der Waals surface area contributed by atoms with Crippen LogP contribution in [-0.2, 0) is 10.5 Å². The number of amides is 1. The number of nitrogens with zero attached hydrogens (tertiary/aromatic N) is 2. The third-order valence-electron chi connectivity index (χ3n) is 5.32. The van der Waals surface area contributed by atoms with Gasteiger partial charge in [-0.05, 0) is 42.5 Å². The Hall–Kier alpha value is -2.02. The quantitative estimate of drug-likeness (QED) is 0.773. The molecule has 1 aliphatic rings. The number of thioether (sulfide) groups is 1. The summed E-state index contributed by atoms with van der Waals surface area (Å²) in [5.41, 5.74) is 0.845. The summed E-state index contributed by atoms with van der Waals surface area (Å²) >= 11 is 1.50. The molecule has 1 saturated carbocycles. The van der Waals surface area contributed by atoms with E-state index in [-0.39, 0.29) is 5.91 Å². The molecular weight excluding hydrogens is 362 g/mol. The van der Waals surface area contributed by atoms with Gasteiger partial charge in [-0.1, -0.05) is 31.8 Å². The molecule has 0 spiro atoms. The molecule has 2 aromatic rings. The van der Waals surface area contributed by atoms with Gasteiger partial charge in [-0.25, -0.2) is 0 Å². The summed E-state index contributed by atoms with van der Waals surface area (Å²) in [5.74, 6) is 4.10. The number of rotatable bonds is 7. The normalized spacial score (nSPS) is 22.4. The van der Waals surface area contributed by atoms with Crippen LogP contribution in [0.2, 0.25) is 0 Å². The fraction of sp³-hybridized carbons (Fsp3) is 0.550. The number of carbonyl (C=O) groups excluding carboxylic acids is 1. The molecule has 0 bridgehead atoms. The van der Waals surface area contributed by atoms with Crippen LogP contribution in [0.3, 0.4) is 0 Å². The molecule has 0 saturated heterocycles. The highest BCUT2D eigenvalue weighted by molar-refractivity contribution is 7.99. The zero-order chi connectivity index (χ0) is 19.2. The Morgan fingerprint density at radius 3 is 2.81 bits per heavy atom. The van der Waals surface area contributed by atoms with Crippen LogP contribution in [0, 0.1) is 11.8 Å². The predicted molar refractivity (Wildman–Crippen MR) is 107 cm³/mol. The summed E-state index contributed by atoms with van der Waals surface area (Å²) < 4.78 is 10.5. The molecule has 1 aliphatic carbocycles. The van der Waals surface area contributed by atoms with Gasteiger partial charge in [0.2, 0.25) is 5.91 Å². The summed E-state index contributed by atoms with van der Waals surface area (Å²) in [5, 5.41) is 7.19. The summed E-state index contributed by atoms with van der Waals surface area (Å²) in [7, 11) is 1.63. The Kier molecular flexibility index (Phi) is 6.77. The Balaban J connectivity index is 1.45. The van der Waals surface area contributed by atoms with Crippen molar-refractivity contribution in [2.75, 3.05) is 12.9 Å². The molecule has 1 aromatic carbocycles. The zero-order valence-electron chi connectivity index (χ0n) is 16.1. The molecule has 1 N–H and O–H groups in total. The number of hydrogen-bond donors (Lipinski definition) is 1. The van der Waals surface area contributed by atoms with Gasteiger partial charge in [0.1, 0.15) is 5.75 Å². The van der Waals surface area contributed by atoms with Crippen LogP contribution in [-0.4, -0.2) is 35.0 Å². The van der Waals surface area contributed by atoms with E-state index >= 15 is 0 Å². The Morgan fingerprint density at radius 2 is 2.07 bits per heavy atom. The van der Waals surface area contributed by atoms with Crippen LogP contribution < -0.4 is 10.1 Å². The molecule has 146 valence electrons. The van der Waals surface area contributed by atoms with Crippen LogP contribution >= 0.6 is 11.8 Å². The van der Waals surface area contributed by atoms with Gasteiger partial charge >= 0.3 is 0 Å². The van der Waals surface area contributed by atoms with E-state index in [0.717, 1.165) is 17.7 Å². The lowest BCUT2D eigenvalue weighted by Gasteiger charge is -2.34. The number of methoxy groups -OCH3 is 1. The molecule has 1 aromatic heterocycles. The van der Waals surface area contributed by atoms with Crippen LogP contribution in [0.5, 0.6) is 5.75 Å². The second-order valence-electron chi connectivity index (χ2n) is 7.18. The van der Waals surface area contributed by atoms with Crippen molar-refractivity contribution >= 4 is 17.7 Å². The van der Waals surface area contributed by atoms with E-state index in [1.807, 2.05) is 24.3 Å². The standard InChI is InChI=1S/C20H27N3O3S/c1-13-5-4-6-17(14(13)2)21-19(24)12-27-11-18-22-20(26-23-18)15-7-9-16(25-3)10-8-15/h7-10,13-14,17H,4-6,11-12H2,1-3H3,(H,21,24). The van der Waals surface area contributed by atoms with E-state index in [9.17, 15) is 4.79 Å². The van der Waals surface area contributed by atoms with E-state index in [2.05, 4.69) is 29.3 Å². The second kappa shape index (κ2) is 9.26. The second-order valence-corrected chi connectivity index (χ2v) is 8.16. The SMILES string of the molecule is COc1ccc(-c2nc(CSCC(=O)NC3CCCC(C)C3C)no2)cc1. The third kappa shape index (κ3) is 5.25. The van der Waals surface area contributed by atoms with Gasteiger partial charge < -0.3 is 14.6 Å². The van der Waals surface area contributed by atoms with Crippen molar-refractivity contribution < 1.29 is 14.1 Å². The summed E-state index contributed by atoms with van der Waals surface area (Å²) in [4.78, 5) is 16.6. The molecule has 27 heavy (non-hydrogen) atoms. The van der Waals surface area contributed by atoms with Crippen molar-refractivity contribution in [2.45, 2.75) is 44.9 Å². The zero-order valence-corrected chi connectivity index (χ0v) is 16.9. The third-order valence-corrected chi connectivity index (χ3v) is 6.25. The van der Waals surface area contributed by atoms with Gasteiger partial charge in [0, 0.05) is 11.6 Å². The minimum atomic E-state index is 0.0878. The van der Waals surface area contributed by atoms with E-state index in [4.69, 9.17) is 9.26 Å². The summed E-state index contributed by atoms with van der Waals surface area (Å²) in [6.45, 7) is 4.51. The number of nitrogens with one attached hydrogen (secondary N) is 1. The highest BCUT2D eigenvalue weighted by Crippen LogP contribution is 2.29. The van der Waals surface area contributed by atoms with Crippen LogP contribution in [0.1, 0.15) is 38.9 Å². The highest BCUT2D eigenvalue weighted by Gasteiger charge is 2.27. The first-order valence-corrected chi connectivity index (χ1v) is 10.6. The van der Waals surface area contributed by atoms with Gasteiger partial charge in [0.05, 0.1) is 18.6 Å². The number of hydrogen-bond acceptors (Lipinski definition) is 6.